The number of benzene rings is 1. The largest absolute Gasteiger partial charge is 0.453 e. The molecule has 3 heterocycles. The van der Waals surface area contributed by atoms with E-state index < -0.39 is 12.1 Å². The van der Waals surface area contributed by atoms with Gasteiger partial charge in [0.25, 0.3) is 0 Å². The first kappa shape index (κ1) is 14.0. The van der Waals surface area contributed by atoms with Gasteiger partial charge in [-0.05, 0) is 12.1 Å². The lowest BCUT2D eigenvalue weighted by Crippen LogP contribution is -2.29. The Labute approximate surface area is 131 Å². The van der Waals surface area contributed by atoms with Crippen LogP contribution in [0.15, 0.2) is 39.3 Å². The van der Waals surface area contributed by atoms with Crippen LogP contribution in [0.5, 0.6) is 0 Å². The molecule has 0 aliphatic carbocycles. The Morgan fingerprint density at radius 2 is 2.22 bits per heavy atom. The summed E-state index contributed by atoms with van der Waals surface area (Å²) in [5.41, 5.74) is 0.746. The van der Waals surface area contributed by atoms with Crippen molar-refractivity contribution < 1.29 is 18.8 Å². The molecule has 2 aromatic heterocycles. The third kappa shape index (κ3) is 2.39. The molecule has 0 spiro atoms. The molecule has 7 heteroatoms. The van der Waals surface area contributed by atoms with Crippen LogP contribution < -0.4 is 0 Å². The fraction of sp³-hybridized carbons (Fsp3) is 0.312. The molecule has 7 nitrogen and oxygen atoms in total. The van der Waals surface area contributed by atoms with Crippen LogP contribution in [-0.4, -0.2) is 38.7 Å². The van der Waals surface area contributed by atoms with E-state index in [1.54, 1.807) is 4.90 Å². The number of hydrogen-bond acceptors (Lipinski definition) is 6. The van der Waals surface area contributed by atoms with Gasteiger partial charge in [-0.15, -0.1) is 0 Å². The van der Waals surface area contributed by atoms with E-state index in [2.05, 4.69) is 10.1 Å². The number of aliphatic hydroxyl groups is 1. The van der Waals surface area contributed by atoms with Gasteiger partial charge in [0.15, 0.2) is 5.76 Å². The molecule has 1 aliphatic heterocycles. The first-order valence-corrected chi connectivity index (χ1v) is 7.39. The highest BCUT2D eigenvalue weighted by molar-refractivity contribution is 5.81. The zero-order valence-corrected chi connectivity index (χ0v) is 12.5. The summed E-state index contributed by atoms with van der Waals surface area (Å²) in [6.07, 6.45) is -0.188. The van der Waals surface area contributed by atoms with Gasteiger partial charge in [0.05, 0.1) is 6.10 Å². The molecular weight excluding hydrogens is 298 g/mol. The molecule has 4 rings (SSSR count). The van der Waals surface area contributed by atoms with E-state index in [9.17, 15) is 9.90 Å². The molecule has 0 radical (unpaired) electrons. The molecule has 1 aliphatic rings. The van der Waals surface area contributed by atoms with Crippen molar-refractivity contribution in [3.05, 3.63) is 36.2 Å². The molecular formula is C16H15N3O4. The van der Waals surface area contributed by atoms with Crippen molar-refractivity contribution in [3.63, 3.8) is 0 Å². The predicted molar refractivity (Wildman–Crippen MR) is 80.3 cm³/mol. The molecule has 1 aromatic carbocycles. The molecule has 1 amide bonds. The Hall–Kier alpha value is -2.67. The third-order valence-corrected chi connectivity index (χ3v) is 4.06. The smallest absolute Gasteiger partial charge is 0.249 e. The topological polar surface area (TPSA) is 92.6 Å². The van der Waals surface area contributed by atoms with Gasteiger partial charge in [0, 0.05) is 25.3 Å². The molecule has 118 valence electrons. The number of amides is 1. The minimum atomic E-state index is -0.578. The quantitative estimate of drug-likeness (QED) is 0.779. The second kappa shape index (κ2) is 5.20. The van der Waals surface area contributed by atoms with Crippen LogP contribution in [0, 0.1) is 0 Å². The van der Waals surface area contributed by atoms with E-state index in [-0.39, 0.29) is 12.5 Å². The van der Waals surface area contributed by atoms with Crippen molar-refractivity contribution in [2.24, 2.45) is 0 Å². The van der Waals surface area contributed by atoms with Crippen LogP contribution in [-0.2, 0) is 4.79 Å². The Morgan fingerprint density at radius 3 is 3.00 bits per heavy atom. The number of rotatable bonds is 2. The summed E-state index contributed by atoms with van der Waals surface area (Å²) < 4.78 is 11.0. The fourth-order valence-electron chi connectivity index (χ4n) is 2.96. The van der Waals surface area contributed by atoms with Crippen molar-refractivity contribution in [1.29, 1.82) is 0 Å². The monoisotopic (exact) mass is 313 g/mol. The second-order valence-electron chi connectivity index (χ2n) is 5.68. The average Bonchev–Trinajstić information content (AvgIpc) is 3.23. The molecule has 1 N–H and O–H groups in total. The van der Waals surface area contributed by atoms with Gasteiger partial charge in [0.2, 0.25) is 17.6 Å². The molecule has 1 saturated heterocycles. The van der Waals surface area contributed by atoms with E-state index >= 15 is 0 Å². The van der Waals surface area contributed by atoms with Gasteiger partial charge >= 0.3 is 0 Å². The summed E-state index contributed by atoms with van der Waals surface area (Å²) in [4.78, 5) is 17.6. The van der Waals surface area contributed by atoms with E-state index in [1.807, 2.05) is 30.3 Å². The molecule has 0 unspecified atom stereocenters. The van der Waals surface area contributed by atoms with Crippen LogP contribution in [0.4, 0.5) is 0 Å². The van der Waals surface area contributed by atoms with Crippen molar-refractivity contribution >= 4 is 16.9 Å². The highest BCUT2D eigenvalue weighted by atomic mass is 16.5. The van der Waals surface area contributed by atoms with Crippen LogP contribution in [0.3, 0.4) is 0 Å². The van der Waals surface area contributed by atoms with E-state index in [0.717, 1.165) is 11.0 Å². The van der Waals surface area contributed by atoms with Gasteiger partial charge in [-0.3, -0.25) is 4.79 Å². The van der Waals surface area contributed by atoms with Gasteiger partial charge in [-0.1, -0.05) is 23.4 Å². The highest BCUT2D eigenvalue weighted by Crippen LogP contribution is 2.33. The molecule has 1 fully saturated rings. The van der Waals surface area contributed by atoms with Gasteiger partial charge in [-0.25, -0.2) is 0 Å². The zero-order valence-electron chi connectivity index (χ0n) is 12.5. The maximum atomic E-state index is 11.7. The summed E-state index contributed by atoms with van der Waals surface area (Å²) in [6, 6.07) is 9.07. The highest BCUT2D eigenvalue weighted by Gasteiger charge is 2.37. The Kier molecular flexibility index (Phi) is 3.16. The van der Waals surface area contributed by atoms with E-state index in [0.29, 0.717) is 23.9 Å². The number of fused-ring (bicyclic) bond motifs is 1. The lowest BCUT2D eigenvalue weighted by atomic mass is 10.2. The van der Waals surface area contributed by atoms with Crippen molar-refractivity contribution in [2.45, 2.75) is 25.5 Å². The summed E-state index contributed by atoms with van der Waals surface area (Å²) >= 11 is 0. The number of hydrogen-bond donors (Lipinski definition) is 1. The fourth-order valence-corrected chi connectivity index (χ4v) is 2.96. The first-order valence-electron chi connectivity index (χ1n) is 7.39. The zero-order chi connectivity index (χ0) is 16.0. The number of β-amino-alcohol motifs (C(OH)–C–C–N with tert-alkyl or cyclic N) is 1. The molecule has 0 bridgehead atoms. The number of aliphatic hydroxyl groups excluding tert-OH is 1. The lowest BCUT2D eigenvalue weighted by molar-refractivity contribution is -0.130. The van der Waals surface area contributed by atoms with Crippen molar-refractivity contribution in [2.75, 3.05) is 6.54 Å². The van der Waals surface area contributed by atoms with Gasteiger partial charge in [0.1, 0.15) is 11.6 Å². The SMILES string of the molecule is CC(=O)N1C[C@H](O)C[C@@H]1c1nc(-c2cc3ccccc3o2)no1. The standard InChI is InChI=1S/C16H15N3O4/c1-9(20)19-8-11(21)7-12(19)16-17-15(18-23-16)14-6-10-4-2-3-5-13(10)22-14/h2-6,11-12,21H,7-8H2,1H3/t11-,12-/m1/s1. The number of furan rings is 1. The number of nitrogens with zero attached hydrogens (tertiary/aromatic N) is 3. The Balaban J connectivity index is 1.67. The van der Waals surface area contributed by atoms with Crippen molar-refractivity contribution in [3.8, 4) is 11.6 Å². The molecule has 0 saturated carbocycles. The van der Waals surface area contributed by atoms with E-state index in [4.69, 9.17) is 8.94 Å². The third-order valence-electron chi connectivity index (χ3n) is 4.06. The number of para-hydroxylation sites is 1. The van der Waals surface area contributed by atoms with Crippen molar-refractivity contribution in [1.82, 2.24) is 15.0 Å². The minimum Gasteiger partial charge on any atom is -0.453 e. The van der Waals surface area contributed by atoms with E-state index in [1.165, 1.54) is 6.92 Å². The summed E-state index contributed by atoms with van der Waals surface area (Å²) in [5, 5.41) is 14.7. The Bertz CT molecular complexity index is 836. The van der Waals surface area contributed by atoms with Gasteiger partial charge < -0.3 is 18.9 Å². The average molecular weight is 313 g/mol. The Morgan fingerprint density at radius 1 is 1.39 bits per heavy atom. The number of carbonyl (C=O) groups excluding carboxylic acids is 1. The van der Waals surface area contributed by atoms with Crippen LogP contribution in [0.25, 0.3) is 22.6 Å². The van der Waals surface area contributed by atoms with Crippen LogP contribution in [0.1, 0.15) is 25.3 Å². The normalized spacial score (nSPS) is 21.2. The van der Waals surface area contributed by atoms with Crippen LogP contribution >= 0.6 is 0 Å². The molecule has 23 heavy (non-hydrogen) atoms. The summed E-state index contributed by atoms with van der Waals surface area (Å²) in [6.45, 7) is 1.74. The van der Waals surface area contributed by atoms with Gasteiger partial charge in [-0.2, -0.15) is 4.98 Å². The maximum absolute atomic E-state index is 11.7. The summed E-state index contributed by atoms with van der Waals surface area (Å²) in [5.74, 6) is 1.03. The maximum Gasteiger partial charge on any atom is 0.249 e. The summed E-state index contributed by atoms with van der Waals surface area (Å²) in [7, 11) is 0. The number of aromatic nitrogens is 2. The molecule has 2 atom stereocenters. The molecule has 3 aromatic rings. The first-order chi connectivity index (χ1) is 11.1. The lowest BCUT2D eigenvalue weighted by Gasteiger charge is -2.19. The second-order valence-corrected chi connectivity index (χ2v) is 5.68. The number of likely N-dealkylation sites (tertiary alicyclic amines) is 1. The predicted octanol–water partition coefficient (Wildman–Crippen LogP) is 2.14. The van der Waals surface area contributed by atoms with Crippen LogP contribution in [0.2, 0.25) is 0 Å². The number of carbonyl (C=O) groups is 1. The minimum absolute atomic E-state index is 0.130.